The van der Waals surface area contributed by atoms with Gasteiger partial charge in [0.05, 0.1) is 5.69 Å². The minimum Gasteiger partial charge on any atom is -0.311 e. The van der Waals surface area contributed by atoms with Crippen LogP contribution in [-0.2, 0) is 6.54 Å². The molecule has 0 aliphatic rings. The van der Waals surface area contributed by atoms with Gasteiger partial charge < -0.3 is 5.32 Å². The number of thiazole rings is 1. The Morgan fingerprint density at radius 1 is 1.31 bits per heavy atom. The number of nitrogens with one attached hydrogen (secondary N) is 1. The molecule has 0 saturated heterocycles. The number of rotatable bonds is 5. The summed E-state index contributed by atoms with van der Waals surface area (Å²) in [5, 5.41) is 6.25. The second-order valence-electron chi connectivity index (χ2n) is 3.39. The Morgan fingerprint density at radius 2 is 2.12 bits per heavy atom. The summed E-state index contributed by atoms with van der Waals surface area (Å²) >= 11 is 1.58. The molecule has 0 saturated carbocycles. The van der Waals surface area contributed by atoms with Crippen LogP contribution in [0.5, 0.6) is 0 Å². The van der Waals surface area contributed by atoms with Crippen molar-refractivity contribution in [1.29, 1.82) is 0 Å². The molecule has 2 aromatic heterocycles. The number of hydrogen-bond acceptors (Lipinski definition) is 5. The molecule has 0 bridgehead atoms. The third kappa shape index (κ3) is 2.84. The lowest BCUT2D eigenvalue weighted by Gasteiger charge is -1.98. The van der Waals surface area contributed by atoms with Crippen LogP contribution in [0.25, 0.3) is 10.8 Å². The van der Waals surface area contributed by atoms with Gasteiger partial charge in [-0.05, 0) is 19.0 Å². The van der Waals surface area contributed by atoms with E-state index >= 15 is 0 Å². The zero-order chi connectivity index (χ0) is 11.2. The lowest BCUT2D eigenvalue weighted by Crippen LogP contribution is -2.13. The van der Waals surface area contributed by atoms with Crippen molar-refractivity contribution in [1.82, 2.24) is 20.3 Å². The first-order valence-electron chi connectivity index (χ1n) is 5.32. The summed E-state index contributed by atoms with van der Waals surface area (Å²) in [5.74, 6) is 0.703. The Hall–Kier alpha value is -1.33. The second kappa shape index (κ2) is 5.67. The van der Waals surface area contributed by atoms with Crippen LogP contribution in [0.1, 0.15) is 19.0 Å². The Balaban J connectivity index is 2.02. The molecule has 2 aromatic rings. The monoisotopic (exact) mass is 234 g/mol. The lowest BCUT2D eigenvalue weighted by molar-refractivity contribution is 0.667. The van der Waals surface area contributed by atoms with Crippen molar-refractivity contribution in [3.8, 4) is 10.8 Å². The minimum atomic E-state index is 0.703. The number of hydrogen-bond donors (Lipinski definition) is 1. The average molecular weight is 234 g/mol. The van der Waals surface area contributed by atoms with E-state index in [0.29, 0.717) is 5.82 Å². The van der Waals surface area contributed by atoms with Crippen molar-refractivity contribution >= 4 is 11.3 Å². The SMILES string of the molecule is CCCNCc1csc(-c2ncccn2)n1. The van der Waals surface area contributed by atoms with Gasteiger partial charge in [-0.25, -0.2) is 15.0 Å². The molecule has 0 aliphatic heterocycles. The molecule has 0 unspecified atom stereocenters. The van der Waals surface area contributed by atoms with Gasteiger partial charge in [-0.15, -0.1) is 11.3 Å². The molecule has 84 valence electrons. The number of nitrogens with zero attached hydrogens (tertiary/aromatic N) is 3. The largest absolute Gasteiger partial charge is 0.311 e. The van der Waals surface area contributed by atoms with Crippen LogP contribution in [-0.4, -0.2) is 21.5 Å². The molecule has 0 aromatic carbocycles. The lowest BCUT2D eigenvalue weighted by atomic mass is 10.4. The third-order valence-electron chi connectivity index (χ3n) is 2.04. The van der Waals surface area contributed by atoms with E-state index in [0.717, 1.165) is 30.2 Å². The van der Waals surface area contributed by atoms with Crippen LogP contribution in [0.2, 0.25) is 0 Å². The summed E-state index contributed by atoms with van der Waals surface area (Å²) in [6.45, 7) is 3.99. The highest BCUT2D eigenvalue weighted by Gasteiger charge is 2.05. The molecular weight excluding hydrogens is 220 g/mol. The van der Waals surface area contributed by atoms with Crippen molar-refractivity contribution in [2.75, 3.05) is 6.54 Å². The summed E-state index contributed by atoms with van der Waals surface area (Å²) in [6, 6.07) is 1.81. The summed E-state index contributed by atoms with van der Waals surface area (Å²) in [6.07, 6.45) is 4.61. The highest BCUT2D eigenvalue weighted by molar-refractivity contribution is 7.13. The smallest absolute Gasteiger partial charge is 0.188 e. The first-order chi connectivity index (χ1) is 7.90. The Kier molecular flexibility index (Phi) is 3.96. The van der Waals surface area contributed by atoms with Gasteiger partial charge in [0, 0.05) is 24.3 Å². The maximum absolute atomic E-state index is 4.48. The predicted molar refractivity (Wildman–Crippen MR) is 65.1 cm³/mol. The molecule has 2 rings (SSSR count). The maximum atomic E-state index is 4.48. The molecule has 0 atom stereocenters. The van der Waals surface area contributed by atoms with Crippen molar-refractivity contribution in [2.45, 2.75) is 19.9 Å². The van der Waals surface area contributed by atoms with E-state index in [2.05, 4.69) is 27.2 Å². The zero-order valence-corrected chi connectivity index (χ0v) is 10.00. The van der Waals surface area contributed by atoms with E-state index in [1.807, 2.05) is 5.38 Å². The summed E-state index contributed by atoms with van der Waals surface area (Å²) in [7, 11) is 0. The van der Waals surface area contributed by atoms with Gasteiger partial charge in [-0.1, -0.05) is 6.92 Å². The molecule has 0 radical (unpaired) electrons. The van der Waals surface area contributed by atoms with Gasteiger partial charge in [-0.3, -0.25) is 0 Å². The van der Waals surface area contributed by atoms with Crippen molar-refractivity contribution < 1.29 is 0 Å². The van der Waals surface area contributed by atoms with Crippen LogP contribution >= 0.6 is 11.3 Å². The van der Waals surface area contributed by atoms with E-state index in [1.54, 1.807) is 29.8 Å². The zero-order valence-electron chi connectivity index (χ0n) is 9.18. The Morgan fingerprint density at radius 3 is 2.88 bits per heavy atom. The molecular formula is C11H14N4S. The highest BCUT2D eigenvalue weighted by Crippen LogP contribution is 2.19. The number of aromatic nitrogens is 3. The van der Waals surface area contributed by atoms with E-state index in [-0.39, 0.29) is 0 Å². The molecule has 4 nitrogen and oxygen atoms in total. The molecule has 2 heterocycles. The second-order valence-corrected chi connectivity index (χ2v) is 4.25. The van der Waals surface area contributed by atoms with Crippen LogP contribution in [0.4, 0.5) is 0 Å². The van der Waals surface area contributed by atoms with Crippen molar-refractivity contribution in [3.05, 3.63) is 29.5 Å². The first-order valence-corrected chi connectivity index (χ1v) is 6.20. The van der Waals surface area contributed by atoms with E-state index in [4.69, 9.17) is 0 Å². The predicted octanol–water partition coefficient (Wildman–Crippen LogP) is 2.10. The maximum Gasteiger partial charge on any atom is 0.188 e. The fourth-order valence-corrected chi connectivity index (χ4v) is 2.06. The molecule has 16 heavy (non-hydrogen) atoms. The molecule has 0 fully saturated rings. The quantitative estimate of drug-likeness (QED) is 0.805. The van der Waals surface area contributed by atoms with E-state index in [1.165, 1.54) is 0 Å². The van der Waals surface area contributed by atoms with Gasteiger partial charge in [0.25, 0.3) is 0 Å². The van der Waals surface area contributed by atoms with Gasteiger partial charge in [0.15, 0.2) is 10.8 Å². The highest BCUT2D eigenvalue weighted by atomic mass is 32.1. The summed E-state index contributed by atoms with van der Waals surface area (Å²) in [5.41, 5.74) is 1.06. The van der Waals surface area contributed by atoms with Crippen molar-refractivity contribution in [3.63, 3.8) is 0 Å². The van der Waals surface area contributed by atoms with Crippen LogP contribution in [0.15, 0.2) is 23.8 Å². The average Bonchev–Trinajstić information content (AvgIpc) is 2.79. The van der Waals surface area contributed by atoms with Gasteiger partial charge in [0.1, 0.15) is 0 Å². The van der Waals surface area contributed by atoms with E-state index < -0.39 is 0 Å². The summed E-state index contributed by atoms with van der Waals surface area (Å²) < 4.78 is 0. The molecule has 0 spiro atoms. The minimum absolute atomic E-state index is 0.703. The van der Waals surface area contributed by atoms with Gasteiger partial charge >= 0.3 is 0 Å². The van der Waals surface area contributed by atoms with Crippen LogP contribution in [0, 0.1) is 0 Å². The first kappa shape index (κ1) is 11.2. The Bertz CT molecular complexity index is 427. The summed E-state index contributed by atoms with van der Waals surface area (Å²) in [4.78, 5) is 12.8. The topological polar surface area (TPSA) is 50.7 Å². The molecule has 1 N–H and O–H groups in total. The van der Waals surface area contributed by atoms with Crippen LogP contribution < -0.4 is 5.32 Å². The fourth-order valence-electron chi connectivity index (χ4n) is 1.29. The van der Waals surface area contributed by atoms with Gasteiger partial charge in [-0.2, -0.15) is 0 Å². The fraction of sp³-hybridized carbons (Fsp3) is 0.364. The molecule has 5 heteroatoms. The van der Waals surface area contributed by atoms with E-state index in [9.17, 15) is 0 Å². The van der Waals surface area contributed by atoms with Gasteiger partial charge in [0.2, 0.25) is 0 Å². The molecule has 0 amide bonds. The van der Waals surface area contributed by atoms with Crippen LogP contribution in [0.3, 0.4) is 0 Å². The standard InChI is InChI=1S/C11H14N4S/c1-2-4-12-7-9-8-16-11(15-9)10-13-5-3-6-14-10/h3,5-6,8,12H,2,4,7H2,1H3. The normalized spacial score (nSPS) is 10.6. The Labute approximate surface area is 98.8 Å². The third-order valence-corrected chi connectivity index (χ3v) is 2.93. The van der Waals surface area contributed by atoms with Crippen molar-refractivity contribution in [2.24, 2.45) is 0 Å². The molecule has 0 aliphatic carbocycles.